The molecule has 0 aromatic rings. The van der Waals surface area contributed by atoms with Gasteiger partial charge in [0.25, 0.3) is 0 Å². The molecular weight excluding hydrogens is 578 g/mol. The van der Waals surface area contributed by atoms with Crippen molar-refractivity contribution in [2.45, 2.75) is 62.3 Å². The summed E-state index contributed by atoms with van der Waals surface area (Å²) in [6.45, 7) is 0.0489. The molecule has 45 heavy (non-hydrogen) atoms. The van der Waals surface area contributed by atoms with E-state index in [2.05, 4.69) is 130 Å². The van der Waals surface area contributed by atoms with Gasteiger partial charge in [-0.25, -0.2) is 0 Å². The van der Waals surface area contributed by atoms with Crippen molar-refractivity contribution in [2.75, 3.05) is 13.2 Å². The average molecular weight is 648 g/mol. The monoisotopic (exact) mass is 647 g/mol. The molecule has 0 saturated carbocycles. The van der Waals surface area contributed by atoms with Gasteiger partial charge < -0.3 is 45.4 Å². The lowest BCUT2D eigenvalue weighted by Gasteiger charge is -2.40. The van der Waals surface area contributed by atoms with Crippen LogP contribution in [0.5, 0.6) is 0 Å². The lowest BCUT2D eigenvalue weighted by atomic mass is 9.99. The van der Waals surface area contributed by atoms with Crippen LogP contribution in [0, 0.1) is 131 Å². The molecule has 1 saturated heterocycles. The summed E-state index contributed by atoms with van der Waals surface area (Å²) < 4.78 is 10.6. The quantitative estimate of drug-likeness (QED) is 0.193. The summed E-state index contributed by atoms with van der Waals surface area (Å²) in [4.78, 5) is 11.6. The third-order valence-corrected chi connectivity index (χ3v) is 5.08. The molecule has 1 aliphatic heterocycles. The summed E-state index contributed by atoms with van der Waals surface area (Å²) in [5, 5.41) is 62.3. The first-order valence-electron chi connectivity index (χ1n) is 12.7. The number of hydrogen-bond donors (Lipinski definition) is 7. The van der Waals surface area contributed by atoms with Crippen LogP contribution >= 0.6 is 0 Å². The van der Waals surface area contributed by atoms with Gasteiger partial charge in [0.15, 0.2) is 6.29 Å². The molecule has 268 valence electrons. The fourth-order valence-corrected chi connectivity index (χ4v) is 3.05. The Balaban J connectivity index is -0.0000000460. The number of terminal acetylenes is 1. The normalized spacial score (nSPS) is 20.2. The van der Waals surface area contributed by atoms with E-state index < -0.39 is 68.1 Å². The van der Waals surface area contributed by atoms with Crippen LogP contribution in [0.4, 0.5) is 0 Å². The minimum atomic E-state index is -1.68. The minimum absolute atomic E-state index is 0. The van der Waals surface area contributed by atoms with E-state index in [1.807, 2.05) is 0 Å². The van der Waals surface area contributed by atoms with Gasteiger partial charge in [-0.05, 0) is 94.7 Å². The van der Waals surface area contributed by atoms with Gasteiger partial charge in [0.05, 0.1) is 25.4 Å². The molecule has 0 bridgehead atoms. The predicted molar refractivity (Wildman–Crippen MR) is 207 cm³/mol. The fourth-order valence-electron chi connectivity index (χ4n) is 3.05. The SMILES string of the molecule is C#CC#CC#CC#CC#CC#CC#CC#CC#CC#CC#CC[C@@H](O)[C@@H](O)[C@H](CO[C@H]1O[C@H](CO)[C@H](O)[C@H](O)[C@H]1O)NC(C)=O.[HH].[HH].[HH].[HH].[HH].[HH].[HH].[HH].[HH].[HH].[HH].[HH].[HH].[HH].[HH].[HH].[HH].[HH].[HH].[HH].[HH].[HH]. The molecule has 1 aliphatic rings. The zero-order valence-corrected chi connectivity index (χ0v) is 23.7. The van der Waals surface area contributed by atoms with Gasteiger partial charge in [0.1, 0.15) is 30.5 Å². The first-order chi connectivity index (χ1) is 21.7. The zero-order valence-electron chi connectivity index (χ0n) is 23.7. The number of aliphatic hydroxyl groups is 6. The Morgan fingerprint density at radius 3 is 1.64 bits per heavy atom. The van der Waals surface area contributed by atoms with Crippen molar-refractivity contribution < 1.29 is 76.3 Å². The van der Waals surface area contributed by atoms with Gasteiger partial charge in [0, 0.05) is 68.4 Å². The van der Waals surface area contributed by atoms with Crippen LogP contribution in [0.2, 0.25) is 0 Å². The molecule has 1 heterocycles. The molecule has 1 fully saturated rings. The first-order valence-corrected chi connectivity index (χ1v) is 12.7. The van der Waals surface area contributed by atoms with Gasteiger partial charge in [-0.2, -0.15) is 0 Å². The molecule has 0 spiro atoms. The molecule has 0 radical (unpaired) electrons. The van der Waals surface area contributed by atoms with E-state index in [1.54, 1.807) is 0 Å². The summed E-state index contributed by atoms with van der Waals surface area (Å²) in [5.41, 5.74) is 0. The number of amides is 1. The second kappa shape index (κ2) is 22.9. The van der Waals surface area contributed by atoms with Crippen LogP contribution in [0.15, 0.2) is 0 Å². The van der Waals surface area contributed by atoms with E-state index in [4.69, 9.17) is 15.9 Å². The maximum absolute atomic E-state index is 11.6. The Kier molecular flexibility index (Phi) is 19.0. The fraction of sp³-hybridized carbons (Fsp3) is 0.343. The predicted octanol–water partition coefficient (Wildman–Crippen LogP) is 1.50. The maximum Gasteiger partial charge on any atom is 0.217 e. The number of carbonyl (C=O) groups excluding carboxylic acids is 1. The standard InChI is InChI=1S/C35H25NO9.22H2/c1-3-4-5-6-7-8-9-10-11-12-13-14-15-16-17-18-19-20-21-22-23-24-29(39)31(40)28(36-27(2)38)26-44-35-34(43)33(42)32(41)30(25-37)45-35;;;;;;;;;;;;;;;;;;;;;;/h1,28-35,37,39-43H,24-26H2,2H3,(H,36,38);22*1H/t28-,29+,30+,31-,32-,33-,34+,35-;;;;;;;;;;;;;;;;;;;;;;/m0....................../s1. The molecule has 7 N–H and O–H groups in total. The topological polar surface area (TPSA) is 169 Å². The lowest BCUT2D eigenvalue weighted by Crippen LogP contribution is -2.60. The summed E-state index contributed by atoms with van der Waals surface area (Å²) >= 11 is 0. The number of rotatable bonds is 8. The average Bonchev–Trinajstić information content (AvgIpc) is 3.02. The Bertz CT molecular complexity index is 1800. The first kappa shape index (κ1) is 37.3. The third kappa shape index (κ3) is 15.9. The second-order valence-electron chi connectivity index (χ2n) is 8.30. The summed E-state index contributed by atoms with van der Waals surface area (Å²) in [6.07, 6.45) is -5.94. The summed E-state index contributed by atoms with van der Waals surface area (Å²) in [5.74, 6) is 50.4. The van der Waals surface area contributed by atoms with E-state index in [0.29, 0.717) is 0 Å². The molecule has 0 aliphatic carbocycles. The van der Waals surface area contributed by atoms with Crippen molar-refractivity contribution in [3.05, 3.63) is 0 Å². The number of hydrogen-bond acceptors (Lipinski definition) is 9. The van der Waals surface area contributed by atoms with E-state index in [0.717, 1.165) is 0 Å². The Morgan fingerprint density at radius 1 is 0.778 bits per heavy atom. The molecule has 10 nitrogen and oxygen atoms in total. The van der Waals surface area contributed by atoms with Gasteiger partial charge in [-0.3, -0.25) is 4.79 Å². The highest BCUT2D eigenvalue weighted by atomic mass is 16.7. The van der Waals surface area contributed by atoms with Crippen LogP contribution in [-0.2, 0) is 14.3 Å². The van der Waals surface area contributed by atoms with Crippen molar-refractivity contribution in [1.29, 1.82) is 0 Å². The smallest absolute Gasteiger partial charge is 0.217 e. The van der Waals surface area contributed by atoms with Crippen molar-refractivity contribution in [3.63, 3.8) is 0 Å². The van der Waals surface area contributed by atoms with Crippen molar-refractivity contribution in [1.82, 2.24) is 5.32 Å². The van der Waals surface area contributed by atoms with Crippen LogP contribution in [-0.4, -0.2) is 98.7 Å². The molecule has 1 amide bonds. The molecule has 0 aromatic heterocycles. The number of ether oxygens (including phenoxy) is 2. The summed E-state index contributed by atoms with van der Waals surface area (Å²) in [7, 11) is 0. The Morgan fingerprint density at radius 2 is 1.22 bits per heavy atom. The highest BCUT2D eigenvalue weighted by molar-refractivity contribution is 5.73. The maximum atomic E-state index is 11.6. The van der Waals surface area contributed by atoms with E-state index in [9.17, 15) is 35.4 Å². The van der Waals surface area contributed by atoms with Crippen LogP contribution in [0.3, 0.4) is 0 Å². The largest absolute Gasteiger partial charge is 0.394 e. The van der Waals surface area contributed by atoms with E-state index in [-0.39, 0.29) is 37.8 Å². The number of carbonyl (C=O) groups is 1. The van der Waals surface area contributed by atoms with Gasteiger partial charge in [0.2, 0.25) is 5.91 Å². The molecule has 1 rings (SSSR count). The van der Waals surface area contributed by atoms with Crippen molar-refractivity contribution in [3.8, 4) is 131 Å². The van der Waals surface area contributed by atoms with Crippen molar-refractivity contribution >= 4 is 5.91 Å². The Labute approximate surface area is 295 Å². The highest BCUT2D eigenvalue weighted by Gasteiger charge is 2.44. The molecular formula is C35H69NO9. The van der Waals surface area contributed by atoms with E-state index >= 15 is 0 Å². The Hall–Kier alpha value is -5.69. The second-order valence-corrected chi connectivity index (χ2v) is 8.30. The lowest BCUT2D eigenvalue weighted by molar-refractivity contribution is -0.303. The van der Waals surface area contributed by atoms with Crippen molar-refractivity contribution in [2.24, 2.45) is 0 Å². The minimum Gasteiger partial charge on any atom is -0.394 e. The van der Waals surface area contributed by atoms with Gasteiger partial charge in [-0.1, -0.05) is 5.92 Å². The highest BCUT2D eigenvalue weighted by Crippen LogP contribution is 2.22. The zero-order chi connectivity index (χ0) is 33.3. The van der Waals surface area contributed by atoms with E-state index in [1.165, 1.54) is 6.92 Å². The molecule has 10 heteroatoms. The summed E-state index contributed by atoms with van der Waals surface area (Å²) in [6, 6.07) is -1.17. The molecule has 8 atom stereocenters. The third-order valence-electron chi connectivity index (χ3n) is 5.08. The van der Waals surface area contributed by atoms with Crippen LogP contribution in [0.1, 0.15) is 44.7 Å². The molecule has 0 aromatic carbocycles. The number of nitrogens with one attached hydrogen (secondary N) is 1. The van der Waals surface area contributed by atoms with Crippen LogP contribution < -0.4 is 5.32 Å². The number of aliphatic hydroxyl groups excluding tert-OH is 6. The van der Waals surface area contributed by atoms with Crippen LogP contribution in [0.25, 0.3) is 0 Å². The molecule has 0 unspecified atom stereocenters. The van der Waals surface area contributed by atoms with Gasteiger partial charge in [-0.15, -0.1) is 6.42 Å². The van der Waals surface area contributed by atoms with Gasteiger partial charge >= 0.3 is 0 Å².